The first-order valence-corrected chi connectivity index (χ1v) is 6.58. The Labute approximate surface area is 106 Å². The second-order valence-electron chi connectivity index (χ2n) is 3.85. The molecule has 0 amide bonds. The first-order valence-electron chi connectivity index (χ1n) is 5.32. The summed E-state index contributed by atoms with van der Waals surface area (Å²) in [6.07, 6.45) is -0.327. The fourth-order valence-electron chi connectivity index (χ4n) is 1.27. The standard InChI is InChI=1S/C12H18ClNOS/c1-8(15)9(2)16-12-6-11(13)5-4-10(12)7-14-3/h4-6,8-9,14-15H,7H2,1-3H3. The maximum atomic E-state index is 9.50. The predicted octanol–water partition coefficient (Wildman–Crippen LogP) is 2.92. The van der Waals surface area contributed by atoms with Gasteiger partial charge in [0.05, 0.1) is 6.10 Å². The van der Waals surface area contributed by atoms with Crippen LogP contribution >= 0.6 is 23.4 Å². The number of nitrogens with one attached hydrogen (secondary N) is 1. The topological polar surface area (TPSA) is 32.3 Å². The van der Waals surface area contributed by atoms with E-state index in [1.165, 1.54) is 5.56 Å². The van der Waals surface area contributed by atoms with Crippen LogP contribution in [0.4, 0.5) is 0 Å². The van der Waals surface area contributed by atoms with Gasteiger partial charge in [0.2, 0.25) is 0 Å². The Kier molecular flexibility index (Phi) is 5.62. The average Bonchev–Trinajstić information content (AvgIpc) is 2.22. The number of rotatable bonds is 5. The molecule has 1 aromatic rings. The third kappa shape index (κ3) is 3.98. The molecule has 0 aliphatic carbocycles. The number of benzene rings is 1. The minimum atomic E-state index is -0.327. The molecule has 0 spiro atoms. The van der Waals surface area contributed by atoms with E-state index >= 15 is 0 Å². The lowest BCUT2D eigenvalue weighted by Crippen LogP contribution is -2.15. The van der Waals surface area contributed by atoms with Crippen LogP contribution in [0.2, 0.25) is 5.02 Å². The van der Waals surface area contributed by atoms with Gasteiger partial charge < -0.3 is 10.4 Å². The van der Waals surface area contributed by atoms with Crippen LogP contribution in [-0.4, -0.2) is 23.5 Å². The van der Waals surface area contributed by atoms with Crippen molar-refractivity contribution in [3.05, 3.63) is 28.8 Å². The van der Waals surface area contributed by atoms with E-state index in [-0.39, 0.29) is 11.4 Å². The zero-order valence-corrected chi connectivity index (χ0v) is 11.4. The Morgan fingerprint density at radius 1 is 1.44 bits per heavy atom. The van der Waals surface area contributed by atoms with Gasteiger partial charge in [0.15, 0.2) is 0 Å². The van der Waals surface area contributed by atoms with E-state index in [4.69, 9.17) is 11.6 Å². The molecule has 2 unspecified atom stereocenters. The molecule has 1 aromatic carbocycles. The van der Waals surface area contributed by atoms with Crippen molar-refractivity contribution in [2.75, 3.05) is 7.05 Å². The van der Waals surface area contributed by atoms with Gasteiger partial charge in [0.1, 0.15) is 0 Å². The van der Waals surface area contributed by atoms with E-state index in [0.717, 1.165) is 16.5 Å². The normalized spacial score (nSPS) is 14.8. The van der Waals surface area contributed by atoms with Crippen molar-refractivity contribution < 1.29 is 5.11 Å². The van der Waals surface area contributed by atoms with Crippen molar-refractivity contribution in [1.82, 2.24) is 5.32 Å². The minimum absolute atomic E-state index is 0.161. The van der Waals surface area contributed by atoms with Crippen molar-refractivity contribution in [2.24, 2.45) is 0 Å². The third-order valence-electron chi connectivity index (χ3n) is 2.39. The summed E-state index contributed by atoms with van der Waals surface area (Å²) in [6.45, 7) is 4.63. The van der Waals surface area contributed by atoms with Gasteiger partial charge in [-0.15, -0.1) is 11.8 Å². The van der Waals surface area contributed by atoms with Gasteiger partial charge in [-0.05, 0) is 31.7 Å². The number of aliphatic hydroxyl groups excluding tert-OH is 1. The molecular formula is C12H18ClNOS. The summed E-state index contributed by atoms with van der Waals surface area (Å²) in [6, 6.07) is 5.87. The van der Waals surface area contributed by atoms with Crippen LogP contribution in [0.25, 0.3) is 0 Å². The lowest BCUT2D eigenvalue weighted by Gasteiger charge is -2.16. The SMILES string of the molecule is CNCc1ccc(Cl)cc1SC(C)C(C)O. The Morgan fingerprint density at radius 2 is 2.12 bits per heavy atom. The van der Waals surface area contributed by atoms with Gasteiger partial charge in [-0.1, -0.05) is 24.6 Å². The van der Waals surface area contributed by atoms with Gasteiger partial charge in [0, 0.05) is 21.7 Å². The highest BCUT2D eigenvalue weighted by Crippen LogP contribution is 2.30. The maximum absolute atomic E-state index is 9.50. The second-order valence-corrected chi connectivity index (χ2v) is 5.70. The van der Waals surface area contributed by atoms with Crippen molar-refractivity contribution in [1.29, 1.82) is 0 Å². The Morgan fingerprint density at radius 3 is 2.69 bits per heavy atom. The van der Waals surface area contributed by atoms with Crippen LogP contribution in [0.5, 0.6) is 0 Å². The summed E-state index contributed by atoms with van der Waals surface area (Å²) in [5, 5.41) is 13.5. The highest BCUT2D eigenvalue weighted by molar-refractivity contribution is 8.00. The lowest BCUT2D eigenvalue weighted by molar-refractivity contribution is 0.196. The predicted molar refractivity (Wildman–Crippen MR) is 71.2 cm³/mol. The zero-order chi connectivity index (χ0) is 12.1. The first-order chi connectivity index (χ1) is 7.54. The van der Waals surface area contributed by atoms with Crippen molar-refractivity contribution in [2.45, 2.75) is 36.6 Å². The number of halogens is 1. The summed E-state index contributed by atoms with van der Waals surface area (Å²) in [5.74, 6) is 0. The van der Waals surface area contributed by atoms with Crippen LogP contribution in [0.3, 0.4) is 0 Å². The van der Waals surface area contributed by atoms with Crippen molar-refractivity contribution in [3.63, 3.8) is 0 Å². The number of hydrogen-bond donors (Lipinski definition) is 2. The van der Waals surface area contributed by atoms with E-state index in [1.54, 1.807) is 18.7 Å². The zero-order valence-electron chi connectivity index (χ0n) is 9.83. The molecule has 0 aliphatic heterocycles. The first kappa shape index (κ1) is 13.8. The molecule has 0 saturated carbocycles. The lowest BCUT2D eigenvalue weighted by atomic mass is 10.2. The molecule has 0 saturated heterocycles. The molecule has 0 aromatic heterocycles. The summed E-state index contributed by atoms with van der Waals surface area (Å²) in [7, 11) is 1.92. The fraction of sp³-hybridized carbons (Fsp3) is 0.500. The number of hydrogen-bond acceptors (Lipinski definition) is 3. The maximum Gasteiger partial charge on any atom is 0.0631 e. The largest absolute Gasteiger partial charge is 0.392 e. The van der Waals surface area contributed by atoms with E-state index in [1.807, 2.05) is 32.2 Å². The van der Waals surface area contributed by atoms with Crippen LogP contribution in [0.15, 0.2) is 23.1 Å². The molecule has 0 bridgehead atoms. The fourth-order valence-corrected chi connectivity index (χ4v) is 2.59. The Balaban J connectivity index is 2.87. The smallest absolute Gasteiger partial charge is 0.0631 e. The van der Waals surface area contributed by atoms with Crippen LogP contribution < -0.4 is 5.32 Å². The van der Waals surface area contributed by atoms with Gasteiger partial charge in [0.25, 0.3) is 0 Å². The quantitative estimate of drug-likeness (QED) is 0.798. The Bertz CT molecular complexity index is 344. The number of thioether (sulfide) groups is 1. The molecule has 16 heavy (non-hydrogen) atoms. The van der Waals surface area contributed by atoms with Gasteiger partial charge in [-0.2, -0.15) is 0 Å². The highest BCUT2D eigenvalue weighted by Gasteiger charge is 2.13. The number of aliphatic hydroxyl groups is 1. The summed E-state index contributed by atoms with van der Waals surface area (Å²) in [5.41, 5.74) is 1.21. The van der Waals surface area contributed by atoms with Crippen LogP contribution in [0, 0.1) is 0 Å². The van der Waals surface area contributed by atoms with E-state index in [9.17, 15) is 5.11 Å². The Hall–Kier alpha value is -0.220. The van der Waals surface area contributed by atoms with Gasteiger partial charge in [-0.3, -0.25) is 0 Å². The van der Waals surface area contributed by atoms with Crippen LogP contribution in [-0.2, 0) is 6.54 Å². The molecule has 2 atom stereocenters. The monoisotopic (exact) mass is 259 g/mol. The van der Waals surface area contributed by atoms with Crippen molar-refractivity contribution in [3.8, 4) is 0 Å². The van der Waals surface area contributed by atoms with Crippen molar-refractivity contribution >= 4 is 23.4 Å². The molecule has 0 fully saturated rings. The van der Waals surface area contributed by atoms with Crippen LogP contribution in [0.1, 0.15) is 19.4 Å². The highest BCUT2D eigenvalue weighted by atomic mass is 35.5. The van der Waals surface area contributed by atoms with Gasteiger partial charge in [-0.25, -0.2) is 0 Å². The van der Waals surface area contributed by atoms with Gasteiger partial charge >= 0.3 is 0 Å². The molecular weight excluding hydrogens is 242 g/mol. The molecule has 0 radical (unpaired) electrons. The molecule has 4 heteroatoms. The average molecular weight is 260 g/mol. The molecule has 0 aliphatic rings. The molecule has 90 valence electrons. The molecule has 2 N–H and O–H groups in total. The summed E-state index contributed by atoms with van der Waals surface area (Å²) < 4.78 is 0. The molecule has 0 heterocycles. The van der Waals surface area contributed by atoms with E-state index < -0.39 is 0 Å². The third-order valence-corrected chi connectivity index (χ3v) is 4.02. The second kappa shape index (κ2) is 6.50. The van der Waals surface area contributed by atoms with E-state index in [2.05, 4.69) is 5.32 Å². The summed E-state index contributed by atoms with van der Waals surface area (Å²) >= 11 is 7.64. The molecule has 2 nitrogen and oxygen atoms in total. The van der Waals surface area contributed by atoms with E-state index in [0.29, 0.717) is 0 Å². The minimum Gasteiger partial charge on any atom is -0.392 e. The molecule has 1 rings (SSSR count). The summed E-state index contributed by atoms with van der Waals surface area (Å²) in [4.78, 5) is 1.13.